The standard InChI is InChI=1S/C12H16N2O5/c1-12(7-18-2,11(16)17)14-9(15)8-5-4-6-13-10(8)19-3/h4-6H,7H2,1-3H3,(H,14,15)(H,16,17). The van der Waals surface area contributed by atoms with E-state index in [1.165, 1.54) is 33.4 Å². The third kappa shape index (κ3) is 3.41. The van der Waals surface area contributed by atoms with Gasteiger partial charge in [0.25, 0.3) is 5.91 Å². The number of nitrogens with zero attached hydrogens (tertiary/aromatic N) is 1. The molecule has 1 aromatic heterocycles. The summed E-state index contributed by atoms with van der Waals surface area (Å²) in [7, 11) is 2.74. The molecule has 0 radical (unpaired) electrons. The molecule has 0 aliphatic carbocycles. The van der Waals surface area contributed by atoms with E-state index >= 15 is 0 Å². The van der Waals surface area contributed by atoms with Crippen LogP contribution in [0, 0.1) is 0 Å². The Morgan fingerprint density at radius 3 is 2.68 bits per heavy atom. The zero-order valence-electron chi connectivity index (χ0n) is 11.0. The Morgan fingerprint density at radius 2 is 2.16 bits per heavy atom. The van der Waals surface area contributed by atoms with E-state index < -0.39 is 17.4 Å². The van der Waals surface area contributed by atoms with Crippen LogP contribution in [-0.4, -0.2) is 48.3 Å². The van der Waals surface area contributed by atoms with Crippen molar-refractivity contribution < 1.29 is 24.2 Å². The lowest BCUT2D eigenvalue weighted by Gasteiger charge is -2.25. The largest absolute Gasteiger partial charge is 0.480 e. The van der Waals surface area contributed by atoms with Gasteiger partial charge in [0.15, 0.2) is 5.54 Å². The molecule has 1 unspecified atom stereocenters. The summed E-state index contributed by atoms with van der Waals surface area (Å²) in [6.45, 7) is 1.20. The molecule has 19 heavy (non-hydrogen) atoms. The number of hydrogen-bond donors (Lipinski definition) is 2. The average molecular weight is 268 g/mol. The van der Waals surface area contributed by atoms with Crippen molar-refractivity contribution >= 4 is 11.9 Å². The molecule has 7 heteroatoms. The minimum Gasteiger partial charge on any atom is -0.480 e. The van der Waals surface area contributed by atoms with Crippen LogP contribution in [0.25, 0.3) is 0 Å². The molecule has 2 N–H and O–H groups in total. The van der Waals surface area contributed by atoms with Gasteiger partial charge in [0.2, 0.25) is 5.88 Å². The topological polar surface area (TPSA) is 97.8 Å². The number of carboxylic acid groups (broad SMARTS) is 1. The summed E-state index contributed by atoms with van der Waals surface area (Å²) in [6.07, 6.45) is 1.47. The van der Waals surface area contributed by atoms with E-state index in [1.807, 2.05) is 0 Å². The second-order valence-corrected chi connectivity index (χ2v) is 4.08. The van der Waals surface area contributed by atoms with Gasteiger partial charge in [-0.2, -0.15) is 0 Å². The Balaban J connectivity index is 2.97. The molecule has 1 amide bonds. The predicted molar refractivity (Wildman–Crippen MR) is 66.2 cm³/mol. The lowest BCUT2D eigenvalue weighted by Crippen LogP contribution is -2.55. The number of methoxy groups -OCH3 is 2. The summed E-state index contributed by atoms with van der Waals surface area (Å²) in [4.78, 5) is 27.1. The van der Waals surface area contributed by atoms with E-state index in [2.05, 4.69) is 10.3 Å². The van der Waals surface area contributed by atoms with Crippen LogP contribution >= 0.6 is 0 Å². The summed E-state index contributed by atoms with van der Waals surface area (Å²) < 4.78 is 9.77. The Hall–Kier alpha value is -2.15. The van der Waals surface area contributed by atoms with Gasteiger partial charge >= 0.3 is 5.97 Å². The molecular formula is C12H16N2O5. The first-order chi connectivity index (χ1) is 8.94. The van der Waals surface area contributed by atoms with Gasteiger partial charge in [-0.05, 0) is 19.1 Å². The lowest BCUT2D eigenvalue weighted by atomic mass is 10.0. The van der Waals surface area contributed by atoms with Crippen molar-refractivity contribution in [2.45, 2.75) is 12.5 Å². The van der Waals surface area contributed by atoms with Crippen LogP contribution in [0.2, 0.25) is 0 Å². The fourth-order valence-electron chi connectivity index (χ4n) is 1.48. The summed E-state index contributed by atoms with van der Waals surface area (Å²) in [5.74, 6) is -1.65. The van der Waals surface area contributed by atoms with E-state index in [4.69, 9.17) is 14.6 Å². The third-order valence-electron chi connectivity index (χ3n) is 2.50. The number of ether oxygens (including phenoxy) is 2. The van der Waals surface area contributed by atoms with E-state index in [9.17, 15) is 9.59 Å². The molecule has 0 aliphatic rings. The van der Waals surface area contributed by atoms with Gasteiger partial charge in [-0.1, -0.05) is 0 Å². The van der Waals surface area contributed by atoms with Crippen LogP contribution in [0.15, 0.2) is 18.3 Å². The zero-order chi connectivity index (χ0) is 14.5. The number of hydrogen-bond acceptors (Lipinski definition) is 5. The summed E-state index contributed by atoms with van der Waals surface area (Å²) in [5.41, 5.74) is -1.36. The highest BCUT2D eigenvalue weighted by atomic mass is 16.5. The molecule has 0 saturated heterocycles. The number of nitrogens with one attached hydrogen (secondary N) is 1. The molecule has 1 heterocycles. The first kappa shape index (κ1) is 14.9. The van der Waals surface area contributed by atoms with Gasteiger partial charge in [-0.3, -0.25) is 4.79 Å². The Morgan fingerprint density at radius 1 is 1.47 bits per heavy atom. The smallest absolute Gasteiger partial charge is 0.331 e. The molecule has 1 rings (SSSR count). The highest BCUT2D eigenvalue weighted by Gasteiger charge is 2.35. The Bertz CT molecular complexity index is 477. The SMILES string of the molecule is COCC(C)(NC(=O)c1cccnc1OC)C(=O)O. The fourth-order valence-corrected chi connectivity index (χ4v) is 1.48. The number of aliphatic carboxylic acids is 1. The van der Waals surface area contributed by atoms with Gasteiger partial charge in [-0.25, -0.2) is 9.78 Å². The minimum atomic E-state index is -1.52. The molecule has 0 saturated carbocycles. The number of carbonyl (C=O) groups excluding carboxylic acids is 1. The maximum atomic E-state index is 12.1. The highest BCUT2D eigenvalue weighted by Crippen LogP contribution is 2.15. The Kier molecular flexibility index (Phi) is 4.82. The van der Waals surface area contributed by atoms with Crippen LogP contribution in [0.1, 0.15) is 17.3 Å². The van der Waals surface area contributed by atoms with E-state index in [0.29, 0.717) is 0 Å². The third-order valence-corrected chi connectivity index (χ3v) is 2.50. The molecule has 1 atom stereocenters. The molecule has 7 nitrogen and oxygen atoms in total. The summed E-state index contributed by atoms with van der Waals surface area (Å²) >= 11 is 0. The van der Waals surface area contributed by atoms with Crippen LogP contribution in [0.5, 0.6) is 5.88 Å². The highest BCUT2D eigenvalue weighted by molar-refractivity contribution is 5.99. The predicted octanol–water partition coefficient (Wildman–Crippen LogP) is 0.310. The van der Waals surface area contributed by atoms with Gasteiger partial charge in [0.1, 0.15) is 5.56 Å². The molecular weight excluding hydrogens is 252 g/mol. The number of carboxylic acids is 1. The Labute approximate surface area is 110 Å². The van der Waals surface area contributed by atoms with Gasteiger partial charge in [-0.15, -0.1) is 0 Å². The molecule has 0 aliphatic heterocycles. The van der Waals surface area contributed by atoms with Crippen LogP contribution in [-0.2, 0) is 9.53 Å². The second-order valence-electron chi connectivity index (χ2n) is 4.08. The number of amides is 1. The van der Waals surface area contributed by atoms with Crippen molar-refractivity contribution in [3.8, 4) is 5.88 Å². The molecule has 0 bridgehead atoms. The monoisotopic (exact) mass is 268 g/mol. The van der Waals surface area contributed by atoms with Crippen molar-refractivity contribution in [3.63, 3.8) is 0 Å². The maximum absolute atomic E-state index is 12.1. The summed E-state index contributed by atoms with van der Waals surface area (Å²) in [5, 5.41) is 11.5. The number of aromatic nitrogens is 1. The van der Waals surface area contributed by atoms with E-state index in [1.54, 1.807) is 6.07 Å². The van der Waals surface area contributed by atoms with Crippen molar-refractivity contribution in [1.29, 1.82) is 0 Å². The van der Waals surface area contributed by atoms with Crippen molar-refractivity contribution in [1.82, 2.24) is 10.3 Å². The first-order valence-corrected chi connectivity index (χ1v) is 5.48. The summed E-state index contributed by atoms with van der Waals surface area (Å²) in [6, 6.07) is 3.06. The van der Waals surface area contributed by atoms with Crippen molar-refractivity contribution in [3.05, 3.63) is 23.9 Å². The van der Waals surface area contributed by atoms with E-state index in [-0.39, 0.29) is 18.1 Å². The molecule has 0 fully saturated rings. The number of carbonyl (C=O) groups is 2. The van der Waals surface area contributed by atoms with Gasteiger partial charge in [0, 0.05) is 13.3 Å². The average Bonchev–Trinajstić information content (AvgIpc) is 2.38. The quantitative estimate of drug-likeness (QED) is 0.770. The van der Waals surface area contributed by atoms with Gasteiger partial charge in [0.05, 0.1) is 13.7 Å². The molecule has 0 aromatic carbocycles. The normalized spacial score (nSPS) is 13.4. The minimum absolute atomic E-state index is 0.130. The van der Waals surface area contributed by atoms with Crippen molar-refractivity contribution in [2.75, 3.05) is 20.8 Å². The first-order valence-electron chi connectivity index (χ1n) is 5.48. The molecule has 104 valence electrons. The van der Waals surface area contributed by atoms with E-state index in [0.717, 1.165) is 0 Å². The number of rotatable bonds is 6. The van der Waals surface area contributed by atoms with Gasteiger partial charge < -0.3 is 19.9 Å². The molecule has 0 spiro atoms. The van der Waals surface area contributed by atoms with Crippen LogP contribution in [0.3, 0.4) is 0 Å². The molecule has 1 aromatic rings. The fraction of sp³-hybridized carbons (Fsp3) is 0.417. The number of pyridine rings is 1. The van der Waals surface area contributed by atoms with Crippen LogP contribution < -0.4 is 10.1 Å². The second kappa shape index (κ2) is 6.14. The lowest BCUT2D eigenvalue weighted by molar-refractivity contribution is -0.145. The maximum Gasteiger partial charge on any atom is 0.331 e. The zero-order valence-corrected chi connectivity index (χ0v) is 11.0. The van der Waals surface area contributed by atoms with Crippen molar-refractivity contribution in [2.24, 2.45) is 0 Å². The van der Waals surface area contributed by atoms with Crippen LogP contribution in [0.4, 0.5) is 0 Å².